The standard InChI is InChI=1S/C11H12ClNO3/c1-7-6-8(12)2-3-9(7)13-10(14)4-5-11(15)16/h2-3,6H,4-5H2,1H3,(H,13,14)(H,15,16)/p-1. The molecule has 4 nitrogen and oxygen atoms in total. The molecular weight excluding hydrogens is 230 g/mol. The molecule has 1 amide bonds. The molecule has 0 aliphatic rings. The molecule has 86 valence electrons. The number of amides is 1. The van der Waals surface area contributed by atoms with Crippen molar-refractivity contribution >= 4 is 29.2 Å². The Hall–Kier alpha value is -1.55. The van der Waals surface area contributed by atoms with E-state index in [-0.39, 0.29) is 18.7 Å². The predicted octanol–water partition coefficient (Wildman–Crippen LogP) is 1.12. The van der Waals surface area contributed by atoms with E-state index in [1.807, 2.05) is 0 Å². The zero-order valence-electron chi connectivity index (χ0n) is 8.75. The molecule has 0 atom stereocenters. The van der Waals surface area contributed by atoms with Crippen LogP contribution in [0.25, 0.3) is 0 Å². The number of benzene rings is 1. The molecule has 0 unspecified atom stereocenters. The molecule has 0 aromatic heterocycles. The number of nitrogens with one attached hydrogen (secondary N) is 1. The number of rotatable bonds is 4. The molecule has 0 radical (unpaired) electrons. The minimum absolute atomic E-state index is 0.0929. The normalized spacial score (nSPS) is 9.88. The number of halogens is 1. The van der Waals surface area contributed by atoms with Gasteiger partial charge in [-0.05, 0) is 37.1 Å². The van der Waals surface area contributed by atoms with Crippen LogP contribution in [-0.2, 0) is 9.59 Å². The van der Waals surface area contributed by atoms with Gasteiger partial charge in [-0.25, -0.2) is 0 Å². The lowest BCUT2D eigenvalue weighted by atomic mass is 10.2. The molecule has 0 bridgehead atoms. The summed E-state index contributed by atoms with van der Waals surface area (Å²) in [4.78, 5) is 21.5. The minimum atomic E-state index is -1.23. The van der Waals surface area contributed by atoms with Crippen LogP contribution in [0, 0.1) is 6.92 Å². The number of anilines is 1. The van der Waals surface area contributed by atoms with Crippen molar-refractivity contribution < 1.29 is 14.7 Å². The second kappa shape index (κ2) is 5.51. The molecule has 1 aromatic rings. The van der Waals surface area contributed by atoms with Gasteiger partial charge in [0, 0.05) is 23.1 Å². The van der Waals surface area contributed by atoms with Crippen LogP contribution in [0.5, 0.6) is 0 Å². The second-order valence-electron chi connectivity index (χ2n) is 3.38. The fourth-order valence-corrected chi connectivity index (χ4v) is 1.42. The fourth-order valence-electron chi connectivity index (χ4n) is 1.20. The summed E-state index contributed by atoms with van der Waals surface area (Å²) >= 11 is 5.76. The van der Waals surface area contributed by atoms with E-state index < -0.39 is 5.97 Å². The maximum atomic E-state index is 11.3. The van der Waals surface area contributed by atoms with Gasteiger partial charge in [0.15, 0.2) is 0 Å². The number of carbonyl (C=O) groups is 2. The lowest BCUT2D eigenvalue weighted by Gasteiger charge is -2.08. The number of aryl methyl sites for hydroxylation is 1. The highest BCUT2D eigenvalue weighted by Gasteiger charge is 2.04. The van der Waals surface area contributed by atoms with Crippen LogP contribution < -0.4 is 10.4 Å². The van der Waals surface area contributed by atoms with Crippen LogP contribution in [0.15, 0.2) is 18.2 Å². The van der Waals surface area contributed by atoms with Crippen LogP contribution in [0.4, 0.5) is 5.69 Å². The van der Waals surface area contributed by atoms with Gasteiger partial charge in [-0.15, -0.1) is 0 Å². The fraction of sp³-hybridized carbons (Fsp3) is 0.273. The van der Waals surface area contributed by atoms with Gasteiger partial charge < -0.3 is 15.2 Å². The quantitative estimate of drug-likeness (QED) is 0.857. The Morgan fingerprint density at radius 3 is 2.62 bits per heavy atom. The summed E-state index contributed by atoms with van der Waals surface area (Å²) < 4.78 is 0. The Balaban J connectivity index is 2.59. The van der Waals surface area contributed by atoms with E-state index >= 15 is 0 Å². The van der Waals surface area contributed by atoms with Gasteiger partial charge >= 0.3 is 0 Å². The van der Waals surface area contributed by atoms with Crippen molar-refractivity contribution in [3.63, 3.8) is 0 Å². The molecule has 0 aliphatic carbocycles. The van der Waals surface area contributed by atoms with Crippen molar-refractivity contribution in [2.45, 2.75) is 19.8 Å². The Morgan fingerprint density at radius 1 is 1.38 bits per heavy atom. The topological polar surface area (TPSA) is 69.2 Å². The maximum absolute atomic E-state index is 11.3. The van der Waals surface area contributed by atoms with E-state index in [1.165, 1.54) is 0 Å². The molecule has 1 rings (SSSR count). The van der Waals surface area contributed by atoms with E-state index in [1.54, 1.807) is 25.1 Å². The van der Waals surface area contributed by atoms with Gasteiger partial charge in [-0.1, -0.05) is 11.6 Å². The first-order valence-electron chi connectivity index (χ1n) is 4.75. The molecule has 0 aliphatic heterocycles. The molecule has 0 saturated heterocycles. The van der Waals surface area contributed by atoms with Crippen LogP contribution in [0.2, 0.25) is 5.02 Å². The highest BCUT2D eigenvalue weighted by Crippen LogP contribution is 2.19. The molecule has 1 N–H and O–H groups in total. The van der Waals surface area contributed by atoms with E-state index in [0.717, 1.165) is 5.56 Å². The largest absolute Gasteiger partial charge is 0.550 e. The number of hydrogen-bond donors (Lipinski definition) is 1. The van der Waals surface area contributed by atoms with Crippen molar-refractivity contribution in [2.75, 3.05) is 5.32 Å². The van der Waals surface area contributed by atoms with E-state index in [0.29, 0.717) is 10.7 Å². The molecule has 16 heavy (non-hydrogen) atoms. The Labute approximate surface area is 98.2 Å². The van der Waals surface area contributed by atoms with Gasteiger partial charge in [0.1, 0.15) is 0 Å². The number of aliphatic carboxylic acids is 1. The molecule has 5 heteroatoms. The summed E-state index contributed by atoms with van der Waals surface area (Å²) in [6, 6.07) is 5.05. The Morgan fingerprint density at radius 2 is 2.06 bits per heavy atom. The predicted molar refractivity (Wildman–Crippen MR) is 59.1 cm³/mol. The van der Waals surface area contributed by atoms with Gasteiger partial charge in [-0.2, -0.15) is 0 Å². The zero-order chi connectivity index (χ0) is 12.1. The third-order valence-corrected chi connectivity index (χ3v) is 2.25. The average Bonchev–Trinajstić information content (AvgIpc) is 2.19. The molecule has 0 heterocycles. The third-order valence-electron chi connectivity index (χ3n) is 2.02. The minimum Gasteiger partial charge on any atom is -0.550 e. The smallest absolute Gasteiger partial charge is 0.224 e. The van der Waals surface area contributed by atoms with Crippen LogP contribution in [-0.4, -0.2) is 11.9 Å². The molecule has 0 saturated carbocycles. The Kier molecular flexibility index (Phi) is 4.31. The van der Waals surface area contributed by atoms with Gasteiger partial charge in [0.25, 0.3) is 0 Å². The number of carbonyl (C=O) groups excluding carboxylic acids is 2. The lowest BCUT2D eigenvalue weighted by molar-refractivity contribution is -0.305. The summed E-state index contributed by atoms with van der Waals surface area (Å²) in [5, 5.41) is 13.4. The molecule has 0 spiro atoms. The van der Waals surface area contributed by atoms with Crippen molar-refractivity contribution in [1.29, 1.82) is 0 Å². The highest BCUT2D eigenvalue weighted by molar-refractivity contribution is 6.30. The average molecular weight is 241 g/mol. The summed E-state index contributed by atoms with van der Waals surface area (Å²) in [6.07, 6.45) is -0.372. The van der Waals surface area contributed by atoms with E-state index in [9.17, 15) is 14.7 Å². The first kappa shape index (κ1) is 12.5. The van der Waals surface area contributed by atoms with Crippen molar-refractivity contribution in [3.05, 3.63) is 28.8 Å². The zero-order valence-corrected chi connectivity index (χ0v) is 9.50. The number of hydrogen-bond acceptors (Lipinski definition) is 3. The van der Waals surface area contributed by atoms with Gasteiger partial charge in [0.2, 0.25) is 5.91 Å². The van der Waals surface area contributed by atoms with Crippen molar-refractivity contribution in [3.8, 4) is 0 Å². The SMILES string of the molecule is Cc1cc(Cl)ccc1NC(=O)CCC(=O)[O-]. The number of carboxylic acids is 1. The summed E-state index contributed by atoms with van der Waals surface area (Å²) in [7, 11) is 0. The highest BCUT2D eigenvalue weighted by atomic mass is 35.5. The van der Waals surface area contributed by atoms with Crippen LogP contribution in [0.3, 0.4) is 0 Å². The van der Waals surface area contributed by atoms with Crippen molar-refractivity contribution in [2.24, 2.45) is 0 Å². The number of carboxylic acid groups (broad SMARTS) is 1. The first-order chi connectivity index (χ1) is 7.49. The van der Waals surface area contributed by atoms with Gasteiger partial charge in [-0.3, -0.25) is 4.79 Å². The summed E-state index contributed by atoms with van der Waals surface area (Å²) in [5.74, 6) is -1.59. The maximum Gasteiger partial charge on any atom is 0.224 e. The first-order valence-corrected chi connectivity index (χ1v) is 5.12. The molecule has 0 fully saturated rings. The van der Waals surface area contributed by atoms with Crippen molar-refractivity contribution in [1.82, 2.24) is 0 Å². The van der Waals surface area contributed by atoms with Crippen LogP contribution in [0.1, 0.15) is 18.4 Å². The van der Waals surface area contributed by atoms with Crippen LogP contribution >= 0.6 is 11.6 Å². The summed E-state index contributed by atoms with van der Waals surface area (Å²) in [5.41, 5.74) is 1.46. The summed E-state index contributed by atoms with van der Waals surface area (Å²) in [6.45, 7) is 1.81. The van der Waals surface area contributed by atoms with Gasteiger partial charge in [0.05, 0.1) is 0 Å². The monoisotopic (exact) mass is 240 g/mol. The third kappa shape index (κ3) is 3.90. The lowest BCUT2D eigenvalue weighted by Crippen LogP contribution is -2.24. The second-order valence-corrected chi connectivity index (χ2v) is 3.82. The molecular formula is C11H11ClNO3-. The Bertz CT molecular complexity index is 418. The van der Waals surface area contributed by atoms with E-state index in [2.05, 4.69) is 5.32 Å². The van der Waals surface area contributed by atoms with E-state index in [4.69, 9.17) is 11.6 Å². The molecule has 1 aromatic carbocycles.